The van der Waals surface area contributed by atoms with E-state index in [1.807, 2.05) is 6.08 Å². The Labute approximate surface area is 131 Å². The third kappa shape index (κ3) is 4.82. The number of allylic oxidation sites excluding steroid dienone is 3. The highest BCUT2D eigenvalue weighted by Crippen LogP contribution is 2.32. The Morgan fingerprint density at radius 1 is 1.22 bits per heavy atom. The zero-order valence-corrected chi connectivity index (χ0v) is 12.1. The maximum absolute atomic E-state index is 12.6. The average Bonchev–Trinajstić information content (AvgIpc) is 2.51. The Bertz CT molecular complexity index is 653. The molecular formula is C17H15F3O3. The van der Waals surface area contributed by atoms with Crippen molar-refractivity contribution in [2.75, 3.05) is 13.2 Å². The van der Waals surface area contributed by atoms with E-state index in [1.54, 1.807) is 6.08 Å². The zero-order valence-electron chi connectivity index (χ0n) is 12.1. The fourth-order valence-electron chi connectivity index (χ4n) is 2.23. The monoisotopic (exact) mass is 324 g/mol. The maximum atomic E-state index is 12.6. The largest absolute Gasteiger partial charge is 0.478 e. The van der Waals surface area contributed by atoms with E-state index < -0.39 is 17.7 Å². The Balaban J connectivity index is 2.37. The number of aliphatic carboxylic acids is 1. The molecular weight excluding hydrogens is 309 g/mol. The lowest BCUT2D eigenvalue weighted by Crippen LogP contribution is -2.07. The van der Waals surface area contributed by atoms with E-state index in [1.165, 1.54) is 18.2 Å². The van der Waals surface area contributed by atoms with Crippen molar-refractivity contribution in [2.45, 2.75) is 12.6 Å². The molecule has 2 rings (SSSR count). The summed E-state index contributed by atoms with van der Waals surface area (Å²) in [4.78, 5) is 10.6. The molecule has 0 radical (unpaired) electrons. The van der Waals surface area contributed by atoms with Crippen LogP contribution in [0.5, 0.6) is 0 Å². The summed E-state index contributed by atoms with van der Waals surface area (Å²) in [6.07, 6.45) is 2.02. The predicted octanol–water partition coefficient (Wildman–Crippen LogP) is 4.08. The summed E-state index contributed by atoms with van der Waals surface area (Å²) in [5.74, 6) is -1.09. The van der Waals surface area contributed by atoms with Crippen LogP contribution in [0.25, 0.3) is 5.57 Å². The molecule has 0 aromatic heterocycles. The quantitative estimate of drug-likeness (QED) is 0.671. The lowest BCUT2D eigenvalue weighted by molar-refractivity contribution is -0.137. The summed E-state index contributed by atoms with van der Waals surface area (Å²) in [6.45, 7) is 0.947. The number of ether oxygens (including phenoxy) is 1. The van der Waals surface area contributed by atoms with Gasteiger partial charge in [-0.15, -0.1) is 0 Å². The predicted molar refractivity (Wildman–Crippen MR) is 79.7 cm³/mol. The van der Waals surface area contributed by atoms with Gasteiger partial charge in [0.15, 0.2) is 0 Å². The number of hydrogen-bond acceptors (Lipinski definition) is 2. The molecule has 0 saturated heterocycles. The minimum absolute atomic E-state index is 0.427. The second-order valence-electron chi connectivity index (χ2n) is 4.91. The van der Waals surface area contributed by atoms with Gasteiger partial charge in [-0.2, -0.15) is 13.2 Å². The summed E-state index contributed by atoms with van der Waals surface area (Å²) < 4.78 is 43.2. The third-order valence-electron chi connectivity index (χ3n) is 3.33. The van der Waals surface area contributed by atoms with Crippen molar-refractivity contribution in [1.29, 1.82) is 0 Å². The molecule has 1 heterocycles. The lowest BCUT2D eigenvalue weighted by Gasteiger charge is -2.17. The molecule has 0 fully saturated rings. The molecule has 1 aromatic rings. The van der Waals surface area contributed by atoms with Gasteiger partial charge >= 0.3 is 12.1 Å². The van der Waals surface area contributed by atoms with Crippen LogP contribution < -0.4 is 0 Å². The zero-order chi connectivity index (χ0) is 16.9. The molecule has 1 aliphatic rings. The molecule has 1 aliphatic heterocycles. The molecule has 1 aromatic carbocycles. The second-order valence-corrected chi connectivity index (χ2v) is 4.91. The summed E-state index contributed by atoms with van der Waals surface area (Å²) in [5.41, 5.74) is 1.49. The summed E-state index contributed by atoms with van der Waals surface area (Å²) in [6, 6.07) is 4.81. The molecule has 6 heteroatoms. The molecule has 23 heavy (non-hydrogen) atoms. The van der Waals surface area contributed by atoms with Crippen LogP contribution in [0, 0.1) is 0 Å². The molecule has 0 aliphatic carbocycles. The van der Waals surface area contributed by atoms with Gasteiger partial charge in [-0.1, -0.05) is 30.4 Å². The van der Waals surface area contributed by atoms with Crippen molar-refractivity contribution < 1.29 is 27.8 Å². The Morgan fingerprint density at radius 3 is 2.43 bits per heavy atom. The number of hydrogen-bond donors (Lipinski definition) is 1. The molecule has 0 spiro atoms. The van der Waals surface area contributed by atoms with E-state index in [9.17, 15) is 18.0 Å². The van der Waals surface area contributed by atoms with E-state index in [2.05, 4.69) is 0 Å². The number of halogens is 3. The van der Waals surface area contributed by atoms with Gasteiger partial charge in [-0.05, 0) is 35.3 Å². The topological polar surface area (TPSA) is 46.5 Å². The highest BCUT2D eigenvalue weighted by Gasteiger charge is 2.30. The van der Waals surface area contributed by atoms with Gasteiger partial charge in [0.25, 0.3) is 0 Å². The first-order chi connectivity index (χ1) is 10.9. The lowest BCUT2D eigenvalue weighted by atomic mass is 9.93. The SMILES string of the molecule is O=C(O)/C=C/C=C(\C1=CCOCC1)c1ccc(C(F)(F)F)cc1. The summed E-state index contributed by atoms with van der Waals surface area (Å²) in [5, 5.41) is 8.66. The van der Waals surface area contributed by atoms with Gasteiger partial charge in [0.1, 0.15) is 0 Å². The third-order valence-corrected chi connectivity index (χ3v) is 3.33. The molecule has 0 amide bonds. The van der Waals surface area contributed by atoms with Gasteiger partial charge in [0.2, 0.25) is 0 Å². The fourth-order valence-corrected chi connectivity index (χ4v) is 2.23. The molecule has 0 saturated carbocycles. The standard InChI is InChI=1S/C17H15F3O3/c18-17(19,20)14-6-4-12(5-7-14)15(2-1-3-16(21)22)13-8-10-23-11-9-13/h1-8H,9-11H2,(H,21,22)/b3-1+,15-2-. The number of alkyl halides is 3. The summed E-state index contributed by atoms with van der Waals surface area (Å²) >= 11 is 0. The van der Waals surface area contributed by atoms with Crippen molar-refractivity contribution >= 4 is 11.5 Å². The smallest absolute Gasteiger partial charge is 0.416 e. The Hall–Kier alpha value is -2.34. The molecule has 122 valence electrons. The highest BCUT2D eigenvalue weighted by atomic mass is 19.4. The van der Waals surface area contributed by atoms with Crippen LogP contribution in [0.3, 0.4) is 0 Å². The van der Waals surface area contributed by atoms with Crippen molar-refractivity contribution in [3.63, 3.8) is 0 Å². The van der Waals surface area contributed by atoms with Gasteiger partial charge in [-0.25, -0.2) is 4.79 Å². The van der Waals surface area contributed by atoms with Crippen LogP contribution in [0.1, 0.15) is 17.5 Å². The Kier molecular flexibility index (Phi) is 5.39. The van der Waals surface area contributed by atoms with Crippen LogP contribution >= 0.6 is 0 Å². The van der Waals surface area contributed by atoms with E-state index in [0.29, 0.717) is 30.8 Å². The van der Waals surface area contributed by atoms with Gasteiger partial charge < -0.3 is 9.84 Å². The molecule has 1 N–H and O–H groups in total. The number of carbonyl (C=O) groups is 1. The van der Waals surface area contributed by atoms with Crippen LogP contribution in [-0.2, 0) is 15.7 Å². The molecule has 0 unspecified atom stereocenters. The van der Waals surface area contributed by atoms with E-state index >= 15 is 0 Å². The molecule has 0 atom stereocenters. The van der Waals surface area contributed by atoms with E-state index in [-0.39, 0.29) is 0 Å². The number of benzene rings is 1. The minimum atomic E-state index is -4.39. The molecule has 0 bridgehead atoms. The second kappa shape index (κ2) is 7.28. The van der Waals surface area contributed by atoms with Crippen molar-refractivity contribution in [1.82, 2.24) is 0 Å². The minimum Gasteiger partial charge on any atom is -0.478 e. The van der Waals surface area contributed by atoms with E-state index in [0.717, 1.165) is 23.8 Å². The number of carboxylic acid groups (broad SMARTS) is 1. The van der Waals surface area contributed by atoms with Crippen LogP contribution in [0.4, 0.5) is 13.2 Å². The first kappa shape index (κ1) is 17.0. The van der Waals surface area contributed by atoms with Crippen molar-refractivity contribution in [3.8, 4) is 0 Å². The van der Waals surface area contributed by atoms with Crippen LogP contribution in [0.2, 0.25) is 0 Å². The van der Waals surface area contributed by atoms with Gasteiger partial charge in [0, 0.05) is 6.08 Å². The van der Waals surface area contributed by atoms with Gasteiger partial charge in [0.05, 0.1) is 18.8 Å². The average molecular weight is 324 g/mol. The van der Waals surface area contributed by atoms with Crippen molar-refractivity contribution in [3.05, 3.63) is 65.3 Å². The first-order valence-corrected chi connectivity index (χ1v) is 6.94. The number of rotatable bonds is 4. The van der Waals surface area contributed by atoms with Gasteiger partial charge in [-0.3, -0.25) is 0 Å². The first-order valence-electron chi connectivity index (χ1n) is 6.94. The highest BCUT2D eigenvalue weighted by molar-refractivity contribution is 5.83. The Morgan fingerprint density at radius 2 is 1.91 bits per heavy atom. The fraction of sp³-hybridized carbons (Fsp3) is 0.235. The normalized spacial score (nSPS) is 16.5. The maximum Gasteiger partial charge on any atom is 0.416 e. The van der Waals surface area contributed by atoms with Crippen LogP contribution in [0.15, 0.2) is 54.1 Å². The molecule has 3 nitrogen and oxygen atoms in total. The van der Waals surface area contributed by atoms with Crippen molar-refractivity contribution in [2.24, 2.45) is 0 Å². The number of carboxylic acids is 1. The van der Waals surface area contributed by atoms with E-state index in [4.69, 9.17) is 9.84 Å². The van der Waals surface area contributed by atoms with Crippen LogP contribution in [-0.4, -0.2) is 24.3 Å². The summed E-state index contributed by atoms with van der Waals surface area (Å²) in [7, 11) is 0.